The van der Waals surface area contributed by atoms with Crippen molar-refractivity contribution in [3.05, 3.63) is 71.1 Å². The molecule has 0 radical (unpaired) electrons. The SMILES string of the molecule is Cc1ccccc1NS(=O)(=O)/C=C/c1ccccc1. The Hall–Kier alpha value is -2.07. The molecular formula is C15H15NO2S. The molecule has 0 heterocycles. The zero-order chi connectivity index (χ0) is 13.7. The quantitative estimate of drug-likeness (QED) is 0.928. The van der Waals surface area contributed by atoms with Crippen molar-refractivity contribution in [2.24, 2.45) is 0 Å². The van der Waals surface area contributed by atoms with Gasteiger partial charge in [0.1, 0.15) is 0 Å². The summed E-state index contributed by atoms with van der Waals surface area (Å²) in [5, 5.41) is 1.18. The highest BCUT2D eigenvalue weighted by atomic mass is 32.2. The molecule has 0 fully saturated rings. The van der Waals surface area contributed by atoms with Gasteiger partial charge in [-0.15, -0.1) is 0 Å². The lowest BCUT2D eigenvalue weighted by atomic mass is 10.2. The smallest absolute Gasteiger partial charge is 0.255 e. The molecule has 19 heavy (non-hydrogen) atoms. The molecule has 98 valence electrons. The van der Waals surface area contributed by atoms with Gasteiger partial charge in [0.2, 0.25) is 0 Å². The Morgan fingerprint density at radius 2 is 1.58 bits per heavy atom. The van der Waals surface area contributed by atoms with Gasteiger partial charge in [-0.2, -0.15) is 0 Å². The molecule has 4 heteroatoms. The molecule has 0 amide bonds. The van der Waals surface area contributed by atoms with Crippen LogP contribution in [0.3, 0.4) is 0 Å². The molecule has 0 bridgehead atoms. The number of rotatable bonds is 4. The van der Waals surface area contributed by atoms with E-state index in [-0.39, 0.29) is 0 Å². The third kappa shape index (κ3) is 3.96. The molecule has 2 rings (SSSR count). The first-order valence-corrected chi connectivity index (χ1v) is 7.43. The first kappa shape index (κ1) is 13.4. The molecule has 0 unspecified atom stereocenters. The highest BCUT2D eigenvalue weighted by Gasteiger charge is 2.06. The first-order valence-electron chi connectivity index (χ1n) is 5.88. The van der Waals surface area contributed by atoms with E-state index >= 15 is 0 Å². The van der Waals surface area contributed by atoms with Crippen molar-refractivity contribution in [3.8, 4) is 0 Å². The number of sulfonamides is 1. The van der Waals surface area contributed by atoms with E-state index in [1.807, 2.05) is 49.4 Å². The average Bonchev–Trinajstić information content (AvgIpc) is 2.40. The highest BCUT2D eigenvalue weighted by Crippen LogP contribution is 2.15. The summed E-state index contributed by atoms with van der Waals surface area (Å²) < 4.78 is 26.4. The zero-order valence-corrected chi connectivity index (χ0v) is 11.4. The van der Waals surface area contributed by atoms with Crippen LogP contribution in [0.5, 0.6) is 0 Å². The lowest BCUT2D eigenvalue weighted by molar-refractivity contribution is 0.609. The van der Waals surface area contributed by atoms with E-state index in [2.05, 4.69) is 4.72 Å². The Morgan fingerprint density at radius 3 is 2.26 bits per heavy atom. The van der Waals surface area contributed by atoms with E-state index < -0.39 is 10.0 Å². The molecule has 0 atom stereocenters. The van der Waals surface area contributed by atoms with Gasteiger partial charge in [0.15, 0.2) is 0 Å². The number of para-hydroxylation sites is 1. The summed E-state index contributed by atoms with van der Waals surface area (Å²) in [5.41, 5.74) is 2.33. The van der Waals surface area contributed by atoms with Crippen molar-refractivity contribution in [1.29, 1.82) is 0 Å². The molecule has 2 aromatic carbocycles. The molecule has 1 N–H and O–H groups in total. The maximum absolute atomic E-state index is 11.9. The molecule has 3 nitrogen and oxygen atoms in total. The van der Waals surface area contributed by atoms with Gasteiger partial charge in [0.05, 0.1) is 11.1 Å². The minimum Gasteiger partial charge on any atom is -0.280 e. The molecule has 0 aromatic heterocycles. The van der Waals surface area contributed by atoms with Gasteiger partial charge in [-0.25, -0.2) is 8.42 Å². The van der Waals surface area contributed by atoms with Crippen LogP contribution in [-0.2, 0) is 10.0 Å². The molecule has 0 aliphatic carbocycles. The predicted octanol–water partition coefficient (Wildman–Crippen LogP) is 3.41. The van der Waals surface area contributed by atoms with E-state index in [0.29, 0.717) is 5.69 Å². The van der Waals surface area contributed by atoms with E-state index in [9.17, 15) is 8.42 Å². The van der Waals surface area contributed by atoms with Crippen molar-refractivity contribution in [2.75, 3.05) is 4.72 Å². The predicted molar refractivity (Wildman–Crippen MR) is 79.2 cm³/mol. The Labute approximate surface area is 113 Å². The number of aryl methyl sites for hydroxylation is 1. The van der Waals surface area contributed by atoms with Gasteiger partial charge in [0, 0.05) is 0 Å². The van der Waals surface area contributed by atoms with Crippen molar-refractivity contribution in [3.63, 3.8) is 0 Å². The lowest BCUT2D eigenvalue weighted by Crippen LogP contribution is -2.09. The summed E-state index contributed by atoms with van der Waals surface area (Å²) in [6.45, 7) is 1.86. The summed E-state index contributed by atoms with van der Waals surface area (Å²) in [7, 11) is -3.49. The van der Waals surface area contributed by atoms with E-state index in [4.69, 9.17) is 0 Å². The van der Waals surface area contributed by atoms with Crippen LogP contribution in [0.1, 0.15) is 11.1 Å². The topological polar surface area (TPSA) is 46.2 Å². The van der Waals surface area contributed by atoms with Crippen LogP contribution in [0.2, 0.25) is 0 Å². The molecule has 0 saturated carbocycles. The fraction of sp³-hybridized carbons (Fsp3) is 0.0667. The summed E-state index contributed by atoms with van der Waals surface area (Å²) in [5.74, 6) is 0. The normalized spacial score (nSPS) is 11.6. The Balaban J connectivity index is 2.16. The maximum Gasteiger partial charge on any atom is 0.255 e. The number of nitrogens with one attached hydrogen (secondary N) is 1. The van der Waals surface area contributed by atoms with Gasteiger partial charge in [-0.3, -0.25) is 4.72 Å². The van der Waals surface area contributed by atoms with Gasteiger partial charge >= 0.3 is 0 Å². The van der Waals surface area contributed by atoms with Crippen LogP contribution >= 0.6 is 0 Å². The number of hydrogen-bond acceptors (Lipinski definition) is 2. The monoisotopic (exact) mass is 273 g/mol. The maximum atomic E-state index is 11.9. The summed E-state index contributed by atoms with van der Waals surface area (Å²) in [4.78, 5) is 0. The number of benzene rings is 2. The van der Waals surface area contributed by atoms with Gasteiger partial charge in [-0.1, -0.05) is 48.5 Å². The Kier molecular flexibility index (Phi) is 4.02. The minimum absolute atomic E-state index is 0.597. The third-order valence-corrected chi connectivity index (χ3v) is 3.64. The van der Waals surface area contributed by atoms with E-state index in [1.165, 1.54) is 5.41 Å². The van der Waals surface area contributed by atoms with Crippen LogP contribution in [0.15, 0.2) is 60.0 Å². The molecular weight excluding hydrogens is 258 g/mol. The zero-order valence-electron chi connectivity index (χ0n) is 10.6. The van der Waals surface area contributed by atoms with Gasteiger partial charge in [-0.05, 0) is 30.2 Å². The third-order valence-electron chi connectivity index (χ3n) is 2.64. The van der Waals surface area contributed by atoms with Crippen LogP contribution < -0.4 is 4.72 Å². The average molecular weight is 273 g/mol. The Morgan fingerprint density at radius 1 is 0.947 bits per heavy atom. The summed E-state index contributed by atoms with van der Waals surface area (Å²) in [6.07, 6.45) is 1.57. The van der Waals surface area contributed by atoms with Gasteiger partial charge in [0.25, 0.3) is 10.0 Å². The molecule has 2 aromatic rings. The second kappa shape index (κ2) is 5.71. The fourth-order valence-corrected chi connectivity index (χ4v) is 2.55. The van der Waals surface area contributed by atoms with E-state index in [1.54, 1.807) is 18.2 Å². The van der Waals surface area contributed by atoms with E-state index in [0.717, 1.165) is 11.1 Å². The van der Waals surface area contributed by atoms with Crippen molar-refractivity contribution >= 4 is 21.8 Å². The first-order chi connectivity index (χ1) is 9.07. The Bertz CT molecular complexity index is 676. The summed E-state index contributed by atoms with van der Waals surface area (Å²) >= 11 is 0. The largest absolute Gasteiger partial charge is 0.280 e. The van der Waals surface area contributed by atoms with Crippen LogP contribution in [0, 0.1) is 6.92 Å². The number of hydrogen-bond donors (Lipinski definition) is 1. The number of anilines is 1. The molecule has 0 aliphatic rings. The molecule has 0 aliphatic heterocycles. The standard InChI is InChI=1S/C15H15NO2S/c1-13-7-5-6-10-15(13)16-19(17,18)12-11-14-8-3-2-4-9-14/h2-12,16H,1H3/b12-11+. The highest BCUT2D eigenvalue weighted by molar-refractivity contribution is 7.95. The lowest BCUT2D eigenvalue weighted by Gasteiger charge is -2.07. The van der Waals surface area contributed by atoms with Gasteiger partial charge < -0.3 is 0 Å². The van der Waals surface area contributed by atoms with Crippen molar-refractivity contribution in [1.82, 2.24) is 0 Å². The summed E-state index contributed by atoms with van der Waals surface area (Å²) in [6, 6.07) is 16.6. The van der Waals surface area contributed by atoms with Crippen molar-refractivity contribution in [2.45, 2.75) is 6.92 Å². The van der Waals surface area contributed by atoms with Crippen LogP contribution in [0.25, 0.3) is 6.08 Å². The van der Waals surface area contributed by atoms with Crippen molar-refractivity contribution < 1.29 is 8.42 Å². The van der Waals surface area contributed by atoms with Crippen LogP contribution in [0.4, 0.5) is 5.69 Å². The second-order valence-corrected chi connectivity index (χ2v) is 5.74. The van der Waals surface area contributed by atoms with Crippen LogP contribution in [-0.4, -0.2) is 8.42 Å². The molecule has 0 saturated heterocycles. The second-order valence-electron chi connectivity index (χ2n) is 4.18. The molecule has 0 spiro atoms. The minimum atomic E-state index is -3.49. The fourth-order valence-electron chi connectivity index (χ4n) is 1.61.